The van der Waals surface area contributed by atoms with Crippen molar-refractivity contribution in [3.8, 4) is 0 Å². The van der Waals surface area contributed by atoms with Crippen molar-refractivity contribution in [2.45, 2.75) is 24.9 Å². The van der Waals surface area contributed by atoms with E-state index >= 15 is 0 Å². The predicted molar refractivity (Wildman–Crippen MR) is 90.1 cm³/mol. The summed E-state index contributed by atoms with van der Waals surface area (Å²) in [6.07, 6.45) is 0.515. The first-order chi connectivity index (χ1) is 12.7. The van der Waals surface area contributed by atoms with Gasteiger partial charge in [0.1, 0.15) is 6.04 Å². The van der Waals surface area contributed by atoms with E-state index in [1.807, 2.05) is 0 Å². The number of hydrogen-bond acceptors (Lipinski definition) is 6. The Bertz CT molecular complexity index is 847. The monoisotopic (exact) mass is 399 g/mol. The molecule has 146 valence electrons. The fraction of sp³-hybridized carbons (Fsp3) is 0.357. The third kappa shape index (κ3) is 4.45. The minimum Gasteiger partial charge on any atom is -0.309 e. The highest BCUT2D eigenvalue weighted by Gasteiger charge is 2.49. The molecule has 2 atom stereocenters. The summed E-state index contributed by atoms with van der Waals surface area (Å²) in [6, 6.07) is 5.52. The SMILES string of the molecule is O=C(NNC(=O)[C@@H]1CC[C@@H]2CN1C(=O)N2OS(=O)(=O)O)Nc1ccccc1. The number of benzene rings is 1. The summed E-state index contributed by atoms with van der Waals surface area (Å²) in [5.41, 5.74) is 4.92. The number of nitrogens with one attached hydrogen (secondary N) is 3. The normalized spacial score (nSPS) is 21.7. The summed E-state index contributed by atoms with van der Waals surface area (Å²) in [4.78, 5) is 37.4. The average Bonchev–Trinajstić information content (AvgIpc) is 2.84. The molecule has 2 heterocycles. The van der Waals surface area contributed by atoms with Crippen LogP contribution in [0, 0.1) is 0 Å². The molecule has 2 saturated heterocycles. The number of para-hydroxylation sites is 1. The van der Waals surface area contributed by atoms with E-state index in [0.29, 0.717) is 10.8 Å². The highest BCUT2D eigenvalue weighted by atomic mass is 32.3. The maximum absolute atomic E-state index is 12.3. The molecule has 0 aromatic heterocycles. The second-order valence-electron chi connectivity index (χ2n) is 5.94. The summed E-state index contributed by atoms with van der Waals surface area (Å²) in [6.45, 7) is 0.0582. The van der Waals surface area contributed by atoms with E-state index in [4.69, 9.17) is 4.55 Å². The molecule has 2 aliphatic rings. The third-order valence-corrected chi connectivity index (χ3v) is 4.48. The Balaban J connectivity index is 1.55. The minimum atomic E-state index is -4.86. The Morgan fingerprint density at radius 3 is 2.52 bits per heavy atom. The molecule has 3 rings (SSSR count). The molecule has 2 aliphatic heterocycles. The largest absolute Gasteiger partial charge is 0.418 e. The van der Waals surface area contributed by atoms with Crippen LogP contribution in [0.15, 0.2) is 30.3 Å². The van der Waals surface area contributed by atoms with E-state index in [1.54, 1.807) is 30.3 Å². The molecule has 2 bridgehead atoms. The van der Waals surface area contributed by atoms with Crippen molar-refractivity contribution in [2.75, 3.05) is 11.9 Å². The van der Waals surface area contributed by atoms with Gasteiger partial charge in [-0.3, -0.25) is 14.8 Å². The van der Waals surface area contributed by atoms with Gasteiger partial charge >= 0.3 is 22.5 Å². The Labute approximate surface area is 154 Å². The highest BCUT2D eigenvalue weighted by molar-refractivity contribution is 7.80. The Hall–Kier alpha value is -2.90. The summed E-state index contributed by atoms with van der Waals surface area (Å²) < 4.78 is 34.7. The quantitative estimate of drug-likeness (QED) is 0.405. The predicted octanol–water partition coefficient (Wildman–Crippen LogP) is -0.158. The van der Waals surface area contributed by atoms with Crippen molar-refractivity contribution in [3.63, 3.8) is 0 Å². The fourth-order valence-electron chi connectivity index (χ4n) is 2.99. The van der Waals surface area contributed by atoms with Gasteiger partial charge in [0.05, 0.1) is 6.04 Å². The van der Waals surface area contributed by atoms with E-state index in [2.05, 4.69) is 20.5 Å². The lowest BCUT2D eigenvalue weighted by molar-refractivity contribution is -0.126. The number of anilines is 1. The molecule has 0 saturated carbocycles. The maximum Gasteiger partial charge on any atom is 0.418 e. The highest BCUT2D eigenvalue weighted by Crippen LogP contribution is 2.30. The van der Waals surface area contributed by atoms with E-state index in [9.17, 15) is 22.8 Å². The van der Waals surface area contributed by atoms with Crippen LogP contribution in [0.4, 0.5) is 15.3 Å². The average molecular weight is 399 g/mol. The van der Waals surface area contributed by atoms with Crippen LogP contribution in [0.5, 0.6) is 0 Å². The molecule has 4 N–H and O–H groups in total. The minimum absolute atomic E-state index is 0.0582. The van der Waals surface area contributed by atoms with Crippen molar-refractivity contribution in [3.05, 3.63) is 30.3 Å². The van der Waals surface area contributed by atoms with Gasteiger partial charge in [-0.15, -0.1) is 4.28 Å². The second kappa shape index (κ2) is 7.38. The van der Waals surface area contributed by atoms with E-state index in [0.717, 1.165) is 4.90 Å². The summed E-state index contributed by atoms with van der Waals surface area (Å²) in [5, 5.41) is 3.05. The zero-order valence-electron chi connectivity index (χ0n) is 13.9. The van der Waals surface area contributed by atoms with Gasteiger partial charge in [-0.1, -0.05) is 18.2 Å². The van der Waals surface area contributed by atoms with Crippen molar-refractivity contribution in [2.24, 2.45) is 0 Å². The van der Waals surface area contributed by atoms with Gasteiger partial charge in [-0.25, -0.2) is 15.0 Å². The van der Waals surface area contributed by atoms with Gasteiger partial charge in [-0.2, -0.15) is 13.5 Å². The van der Waals surface area contributed by atoms with Gasteiger partial charge in [-0.05, 0) is 25.0 Å². The van der Waals surface area contributed by atoms with Crippen LogP contribution in [-0.4, -0.2) is 59.5 Å². The molecule has 12 nitrogen and oxygen atoms in total. The molecule has 5 amide bonds. The third-order valence-electron chi connectivity index (χ3n) is 4.13. The van der Waals surface area contributed by atoms with Crippen LogP contribution in [0.25, 0.3) is 0 Å². The Morgan fingerprint density at radius 2 is 1.85 bits per heavy atom. The maximum atomic E-state index is 12.3. The van der Waals surface area contributed by atoms with E-state index in [1.165, 1.54) is 0 Å². The number of hydrogen-bond donors (Lipinski definition) is 4. The molecular weight excluding hydrogens is 382 g/mol. The fourth-order valence-corrected chi connectivity index (χ4v) is 3.38. The van der Waals surface area contributed by atoms with Crippen molar-refractivity contribution in [1.82, 2.24) is 20.8 Å². The second-order valence-corrected chi connectivity index (χ2v) is 6.95. The van der Waals surface area contributed by atoms with Gasteiger partial charge in [0.15, 0.2) is 0 Å². The number of carbonyl (C=O) groups is 3. The van der Waals surface area contributed by atoms with Crippen LogP contribution in [0.1, 0.15) is 12.8 Å². The first-order valence-electron chi connectivity index (χ1n) is 7.93. The lowest BCUT2D eigenvalue weighted by Crippen LogP contribution is -2.54. The molecular formula is C14H17N5O7S. The number of rotatable bonds is 4. The van der Waals surface area contributed by atoms with Crippen LogP contribution < -0.4 is 16.2 Å². The van der Waals surface area contributed by atoms with Gasteiger partial charge in [0, 0.05) is 12.2 Å². The number of piperidine rings is 1. The molecule has 2 fully saturated rings. The lowest BCUT2D eigenvalue weighted by atomic mass is 10.0. The van der Waals surface area contributed by atoms with Crippen molar-refractivity contribution < 1.29 is 31.6 Å². The number of hydroxylamine groups is 2. The molecule has 0 aliphatic carbocycles. The molecule has 0 radical (unpaired) electrons. The summed E-state index contributed by atoms with van der Waals surface area (Å²) in [7, 11) is -4.86. The number of fused-ring (bicyclic) bond motifs is 2. The summed E-state index contributed by atoms with van der Waals surface area (Å²) >= 11 is 0. The number of hydrazine groups is 1. The number of urea groups is 2. The van der Waals surface area contributed by atoms with Gasteiger partial charge < -0.3 is 10.2 Å². The molecule has 1 aromatic carbocycles. The van der Waals surface area contributed by atoms with Gasteiger partial charge in [0.2, 0.25) is 0 Å². The zero-order valence-corrected chi connectivity index (χ0v) is 14.7. The zero-order chi connectivity index (χ0) is 19.6. The smallest absolute Gasteiger partial charge is 0.309 e. The van der Waals surface area contributed by atoms with Crippen molar-refractivity contribution in [1.29, 1.82) is 0 Å². The number of nitrogens with zero attached hydrogens (tertiary/aromatic N) is 2. The standard InChI is InChI=1S/C14H17N5O7S/c20-12(16-17-13(21)15-9-4-2-1-3-5-9)11-7-6-10-8-18(11)14(22)19(10)26-27(23,24)25/h1-5,10-11H,6-8H2,(H,16,20)(H2,15,17,21)(H,23,24,25)/t10-,11+/m1/s1. The topological polar surface area (TPSA) is 157 Å². The van der Waals surface area contributed by atoms with Crippen LogP contribution >= 0.6 is 0 Å². The van der Waals surface area contributed by atoms with E-state index < -0.39 is 40.5 Å². The van der Waals surface area contributed by atoms with Crippen LogP contribution in [0.2, 0.25) is 0 Å². The molecule has 0 spiro atoms. The van der Waals surface area contributed by atoms with Crippen LogP contribution in [0.3, 0.4) is 0 Å². The molecule has 13 heteroatoms. The summed E-state index contributed by atoms with van der Waals surface area (Å²) in [5.74, 6) is -0.640. The molecule has 27 heavy (non-hydrogen) atoms. The molecule has 0 unspecified atom stereocenters. The first kappa shape index (κ1) is 18.9. The molecule has 1 aromatic rings. The Kier molecular flexibility index (Phi) is 5.16. The van der Waals surface area contributed by atoms with Crippen LogP contribution in [-0.2, 0) is 19.5 Å². The lowest BCUT2D eigenvalue weighted by Gasteiger charge is -2.29. The van der Waals surface area contributed by atoms with Gasteiger partial charge in [0.25, 0.3) is 5.91 Å². The Morgan fingerprint density at radius 1 is 1.15 bits per heavy atom. The van der Waals surface area contributed by atoms with E-state index in [-0.39, 0.29) is 19.4 Å². The van der Waals surface area contributed by atoms with Crippen molar-refractivity contribution >= 4 is 34.1 Å². The number of carbonyl (C=O) groups excluding carboxylic acids is 3. The number of amides is 5. The first-order valence-corrected chi connectivity index (χ1v) is 9.30.